The van der Waals surface area contributed by atoms with Gasteiger partial charge in [-0.25, -0.2) is 0 Å². The minimum absolute atomic E-state index is 0.788. The van der Waals surface area contributed by atoms with Gasteiger partial charge < -0.3 is 14.8 Å². The summed E-state index contributed by atoms with van der Waals surface area (Å²) in [5, 5.41) is 3.52. The molecule has 0 fully saturated rings. The van der Waals surface area contributed by atoms with Crippen LogP contribution in [0.5, 0.6) is 11.5 Å². The van der Waals surface area contributed by atoms with Gasteiger partial charge >= 0.3 is 0 Å². The Balaban J connectivity index is 1.55. The number of nitrogens with zero attached hydrogens (tertiary/aromatic N) is 1. The monoisotopic (exact) mass is 328 g/mol. The van der Waals surface area contributed by atoms with Crippen molar-refractivity contribution in [3.63, 3.8) is 0 Å². The molecule has 0 aliphatic rings. The Morgan fingerprint density at radius 2 is 1.67 bits per heavy atom. The topological polar surface area (TPSA) is 43.4 Å². The lowest BCUT2D eigenvalue weighted by Gasteiger charge is -2.09. The van der Waals surface area contributed by atoms with E-state index >= 15 is 0 Å². The van der Waals surface area contributed by atoms with Crippen LogP contribution in [0.15, 0.2) is 42.7 Å². The lowest BCUT2D eigenvalue weighted by molar-refractivity contribution is 0.354. The third-order valence-corrected chi connectivity index (χ3v) is 4.06. The average molecular weight is 328 g/mol. The van der Waals surface area contributed by atoms with Gasteiger partial charge in [0.25, 0.3) is 0 Å². The molecule has 4 nitrogen and oxygen atoms in total. The first-order valence-electron chi connectivity index (χ1n) is 8.64. The maximum atomic E-state index is 5.34. The summed E-state index contributed by atoms with van der Waals surface area (Å²) in [6.45, 7) is 2.13. The fourth-order valence-corrected chi connectivity index (χ4v) is 2.70. The zero-order valence-corrected chi connectivity index (χ0v) is 14.8. The fourth-order valence-electron chi connectivity index (χ4n) is 2.70. The first-order chi connectivity index (χ1) is 11.8. The summed E-state index contributed by atoms with van der Waals surface area (Å²) in [5.74, 6) is 1.60. The van der Waals surface area contributed by atoms with Crippen LogP contribution in [0.2, 0.25) is 0 Å². The number of benzene rings is 1. The van der Waals surface area contributed by atoms with Crippen molar-refractivity contribution in [3.8, 4) is 11.5 Å². The Morgan fingerprint density at radius 1 is 0.875 bits per heavy atom. The number of nitrogens with one attached hydrogen (secondary N) is 1. The predicted octanol–water partition coefficient (Wildman–Crippen LogP) is 3.64. The molecule has 130 valence electrons. The number of aromatic nitrogens is 1. The molecule has 0 unspecified atom stereocenters. The zero-order valence-electron chi connectivity index (χ0n) is 14.8. The van der Waals surface area contributed by atoms with Crippen molar-refractivity contribution in [2.75, 3.05) is 27.3 Å². The molecule has 1 N–H and O–H groups in total. The van der Waals surface area contributed by atoms with E-state index in [1.54, 1.807) is 14.2 Å². The molecule has 1 heterocycles. The van der Waals surface area contributed by atoms with Crippen LogP contribution < -0.4 is 14.8 Å². The van der Waals surface area contributed by atoms with Crippen LogP contribution in [0.3, 0.4) is 0 Å². The van der Waals surface area contributed by atoms with Gasteiger partial charge in [-0.2, -0.15) is 0 Å². The molecule has 0 aliphatic heterocycles. The van der Waals surface area contributed by atoms with Gasteiger partial charge in [-0.1, -0.05) is 12.1 Å². The van der Waals surface area contributed by atoms with Gasteiger partial charge in [0.15, 0.2) is 11.5 Å². The maximum absolute atomic E-state index is 5.34. The highest BCUT2D eigenvalue weighted by molar-refractivity contribution is 5.42. The Bertz CT molecular complexity index is 587. The quantitative estimate of drug-likeness (QED) is 0.640. The zero-order chi connectivity index (χ0) is 17.0. The second-order valence-corrected chi connectivity index (χ2v) is 5.86. The van der Waals surface area contributed by atoms with Crippen LogP contribution in [0.25, 0.3) is 0 Å². The fraction of sp³-hybridized carbons (Fsp3) is 0.450. The number of hydrogen-bond acceptors (Lipinski definition) is 4. The van der Waals surface area contributed by atoms with Gasteiger partial charge in [-0.3, -0.25) is 4.98 Å². The second-order valence-electron chi connectivity index (χ2n) is 5.86. The van der Waals surface area contributed by atoms with Crippen LogP contribution in [0.1, 0.15) is 30.4 Å². The molecule has 2 aromatic rings. The Labute approximate surface area is 145 Å². The number of methoxy groups -OCH3 is 2. The SMILES string of the molecule is COc1ccc(CCCCNCCCc2cccnc2)cc1OC. The largest absolute Gasteiger partial charge is 0.493 e. The molecule has 24 heavy (non-hydrogen) atoms. The lowest BCUT2D eigenvalue weighted by atomic mass is 10.1. The van der Waals surface area contributed by atoms with Gasteiger partial charge in [-0.15, -0.1) is 0 Å². The Morgan fingerprint density at radius 3 is 2.42 bits per heavy atom. The summed E-state index contributed by atoms with van der Waals surface area (Å²) in [6, 6.07) is 10.3. The molecule has 0 saturated heterocycles. The first kappa shape index (κ1) is 18.3. The number of unbranched alkanes of at least 4 members (excludes halogenated alkanes) is 1. The van der Waals surface area contributed by atoms with Crippen LogP contribution in [0, 0.1) is 0 Å². The molecule has 0 bridgehead atoms. The third-order valence-electron chi connectivity index (χ3n) is 4.06. The standard InChI is InChI=1S/C20H28N2O2/c1-23-19-11-10-17(15-20(19)24-2)7-3-4-12-21-13-5-8-18-9-6-14-22-16-18/h6,9-11,14-16,21H,3-5,7-8,12-13H2,1-2H3. The molecule has 0 amide bonds. The van der Waals surface area contributed by atoms with Crippen LogP contribution in [-0.2, 0) is 12.8 Å². The number of ether oxygens (including phenoxy) is 2. The molecular formula is C20H28N2O2. The maximum Gasteiger partial charge on any atom is 0.160 e. The molecule has 1 aromatic carbocycles. The summed E-state index contributed by atoms with van der Waals surface area (Å²) in [6.07, 6.45) is 9.43. The minimum atomic E-state index is 0.788. The summed E-state index contributed by atoms with van der Waals surface area (Å²) in [5.41, 5.74) is 2.61. The van der Waals surface area contributed by atoms with E-state index in [0.29, 0.717) is 0 Å². The van der Waals surface area contributed by atoms with E-state index in [9.17, 15) is 0 Å². The minimum Gasteiger partial charge on any atom is -0.493 e. The van der Waals surface area contributed by atoms with Gasteiger partial charge in [0.1, 0.15) is 0 Å². The third kappa shape index (κ3) is 6.20. The second kappa shape index (κ2) is 10.7. The highest BCUT2D eigenvalue weighted by atomic mass is 16.5. The van der Waals surface area contributed by atoms with Crippen molar-refractivity contribution in [3.05, 3.63) is 53.9 Å². The number of rotatable bonds is 11. The summed E-state index contributed by atoms with van der Waals surface area (Å²) in [4.78, 5) is 4.14. The molecule has 2 rings (SSSR count). The van der Waals surface area contributed by atoms with Crippen LogP contribution in [-0.4, -0.2) is 32.3 Å². The molecule has 0 spiro atoms. The van der Waals surface area contributed by atoms with E-state index in [2.05, 4.69) is 28.5 Å². The van der Waals surface area contributed by atoms with E-state index < -0.39 is 0 Å². The normalized spacial score (nSPS) is 10.6. The average Bonchev–Trinajstić information content (AvgIpc) is 2.64. The molecule has 0 atom stereocenters. The highest BCUT2D eigenvalue weighted by Crippen LogP contribution is 2.28. The van der Waals surface area contributed by atoms with Crippen LogP contribution in [0.4, 0.5) is 0 Å². The first-order valence-corrected chi connectivity index (χ1v) is 8.64. The Kier molecular flexibility index (Phi) is 8.11. The van der Waals surface area contributed by atoms with E-state index in [4.69, 9.17) is 9.47 Å². The van der Waals surface area contributed by atoms with E-state index in [-0.39, 0.29) is 0 Å². The molecule has 0 aliphatic carbocycles. The Hall–Kier alpha value is -2.07. The van der Waals surface area contributed by atoms with Crippen molar-refractivity contribution < 1.29 is 9.47 Å². The number of pyridine rings is 1. The molecule has 0 radical (unpaired) electrons. The molecule has 0 saturated carbocycles. The van der Waals surface area contributed by atoms with Gasteiger partial charge in [-0.05, 0) is 74.5 Å². The van der Waals surface area contributed by atoms with Gasteiger partial charge in [0, 0.05) is 12.4 Å². The van der Waals surface area contributed by atoms with Crippen molar-refractivity contribution in [1.82, 2.24) is 10.3 Å². The van der Waals surface area contributed by atoms with Crippen molar-refractivity contribution >= 4 is 0 Å². The van der Waals surface area contributed by atoms with Crippen molar-refractivity contribution in [2.45, 2.75) is 32.1 Å². The molecule has 4 heteroatoms. The summed E-state index contributed by atoms with van der Waals surface area (Å²) in [7, 11) is 3.34. The lowest BCUT2D eigenvalue weighted by Crippen LogP contribution is -2.17. The molecule has 1 aromatic heterocycles. The van der Waals surface area contributed by atoms with Crippen LogP contribution >= 0.6 is 0 Å². The predicted molar refractivity (Wildman–Crippen MR) is 97.9 cm³/mol. The van der Waals surface area contributed by atoms with Crippen molar-refractivity contribution in [1.29, 1.82) is 0 Å². The highest BCUT2D eigenvalue weighted by Gasteiger charge is 2.04. The molecular weight excluding hydrogens is 300 g/mol. The van der Waals surface area contributed by atoms with E-state index in [0.717, 1.165) is 43.9 Å². The summed E-state index contributed by atoms with van der Waals surface area (Å²) >= 11 is 0. The number of aryl methyl sites for hydroxylation is 2. The van der Waals surface area contributed by atoms with Gasteiger partial charge in [0.2, 0.25) is 0 Å². The van der Waals surface area contributed by atoms with Gasteiger partial charge in [0.05, 0.1) is 14.2 Å². The summed E-state index contributed by atoms with van der Waals surface area (Å²) < 4.78 is 10.6. The number of hydrogen-bond donors (Lipinski definition) is 1. The van der Waals surface area contributed by atoms with E-state index in [1.165, 1.54) is 24.0 Å². The van der Waals surface area contributed by atoms with E-state index in [1.807, 2.05) is 24.5 Å². The van der Waals surface area contributed by atoms with Crippen molar-refractivity contribution in [2.24, 2.45) is 0 Å². The smallest absolute Gasteiger partial charge is 0.160 e.